The van der Waals surface area contributed by atoms with Gasteiger partial charge in [-0.05, 0) is 72.1 Å². The topological polar surface area (TPSA) is 40.6 Å². The highest BCUT2D eigenvalue weighted by Crippen LogP contribution is 2.20. The smallest absolute Gasteiger partial charge is 0.253 e. The van der Waals surface area contributed by atoms with Crippen molar-refractivity contribution < 1.29 is 9.59 Å². The van der Waals surface area contributed by atoms with Crippen molar-refractivity contribution >= 4 is 34.5 Å². The van der Waals surface area contributed by atoms with Crippen molar-refractivity contribution in [1.29, 1.82) is 0 Å². The van der Waals surface area contributed by atoms with E-state index in [4.69, 9.17) is 0 Å². The molecule has 146 valence electrons. The number of thiophene rings is 2. The summed E-state index contributed by atoms with van der Waals surface area (Å²) in [6, 6.07) is 11.1. The van der Waals surface area contributed by atoms with Gasteiger partial charge in [0.2, 0.25) is 0 Å². The van der Waals surface area contributed by atoms with Gasteiger partial charge in [0.15, 0.2) is 0 Å². The molecule has 0 aliphatic rings. The van der Waals surface area contributed by atoms with Crippen LogP contribution in [0.4, 0.5) is 0 Å². The van der Waals surface area contributed by atoms with Crippen molar-refractivity contribution in [2.45, 2.75) is 26.9 Å². The quantitative estimate of drug-likeness (QED) is 0.573. The van der Waals surface area contributed by atoms with Crippen molar-refractivity contribution in [3.8, 4) is 0 Å². The predicted molar refractivity (Wildman–Crippen MR) is 116 cm³/mol. The Morgan fingerprint density at radius 2 is 1.07 bits per heavy atom. The second-order valence-corrected chi connectivity index (χ2v) is 8.95. The van der Waals surface area contributed by atoms with E-state index in [1.165, 1.54) is 20.9 Å². The number of benzene rings is 1. The Labute approximate surface area is 174 Å². The van der Waals surface area contributed by atoms with E-state index in [0.717, 1.165) is 0 Å². The maximum absolute atomic E-state index is 12.7. The Morgan fingerprint density at radius 3 is 1.36 bits per heavy atom. The first-order valence-corrected chi connectivity index (χ1v) is 10.8. The fourth-order valence-electron chi connectivity index (χ4n) is 2.90. The molecule has 2 amide bonds. The van der Waals surface area contributed by atoms with E-state index in [-0.39, 0.29) is 11.8 Å². The highest BCUT2D eigenvalue weighted by atomic mass is 32.1. The summed E-state index contributed by atoms with van der Waals surface area (Å²) in [7, 11) is 3.61. The summed E-state index contributed by atoms with van der Waals surface area (Å²) in [4.78, 5) is 31.2. The van der Waals surface area contributed by atoms with Crippen molar-refractivity contribution in [1.82, 2.24) is 9.80 Å². The monoisotopic (exact) mass is 412 g/mol. The van der Waals surface area contributed by atoms with Crippen molar-refractivity contribution in [2.24, 2.45) is 0 Å². The molecule has 3 rings (SSSR count). The number of hydrogen-bond donors (Lipinski definition) is 0. The zero-order valence-corrected chi connectivity index (χ0v) is 18.2. The predicted octanol–water partition coefficient (Wildman–Crippen LogP) is 4.97. The summed E-state index contributed by atoms with van der Waals surface area (Å²) in [5, 5.41) is 4.08. The lowest BCUT2D eigenvalue weighted by molar-refractivity contribution is 0.0774. The van der Waals surface area contributed by atoms with Gasteiger partial charge < -0.3 is 9.80 Å². The van der Waals surface area contributed by atoms with Gasteiger partial charge in [0.25, 0.3) is 11.8 Å². The molecule has 0 aliphatic heterocycles. The summed E-state index contributed by atoms with van der Waals surface area (Å²) in [6.45, 7) is 5.29. The van der Waals surface area contributed by atoms with Crippen LogP contribution in [-0.4, -0.2) is 35.7 Å². The van der Waals surface area contributed by atoms with Crippen LogP contribution in [0.25, 0.3) is 0 Å². The molecule has 0 unspecified atom stereocenters. The lowest BCUT2D eigenvalue weighted by Gasteiger charge is -2.19. The molecule has 0 spiro atoms. The Morgan fingerprint density at radius 1 is 0.714 bits per heavy atom. The molecule has 6 heteroatoms. The van der Waals surface area contributed by atoms with Crippen molar-refractivity contribution in [3.05, 3.63) is 79.2 Å². The van der Waals surface area contributed by atoms with Gasteiger partial charge in [-0.15, -0.1) is 22.7 Å². The van der Waals surface area contributed by atoms with Gasteiger partial charge in [0.05, 0.1) is 13.1 Å². The van der Waals surface area contributed by atoms with Crippen molar-refractivity contribution in [3.63, 3.8) is 0 Å². The molecule has 0 saturated carbocycles. The maximum atomic E-state index is 12.7. The van der Waals surface area contributed by atoms with Crippen molar-refractivity contribution in [2.75, 3.05) is 14.1 Å². The molecule has 0 radical (unpaired) electrons. The largest absolute Gasteiger partial charge is 0.337 e. The maximum Gasteiger partial charge on any atom is 0.253 e. The van der Waals surface area contributed by atoms with Crippen LogP contribution < -0.4 is 0 Å². The molecule has 0 fully saturated rings. The Hall–Kier alpha value is -2.44. The lowest BCUT2D eigenvalue weighted by atomic mass is 10.1. The minimum atomic E-state index is -0.0469. The van der Waals surface area contributed by atoms with Gasteiger partial charge in [-0.1, -0.05) is 0 Å². The zero-order chi connectivity index (χ0) is 20.3. The molecule has 0 bridgehead atoms. The number of rotatable bonds is 6. The van der Waals surface area contributed by atoms with Gasteiger partial charge in [0.1, 0.15) is 0 Å². The van der Waals surface area contributed by atoms with Crippen LogP contribution in [0, 0.1) is 13.8 Å². The van der Waals surface area contributed by atoms with Gasteiger partial charge in [-0.25, -0.2) is 0 Å². The first-order chi connectivity index (χ1) is 13.4. The van der Waals surface area contributed by atoms with E-state index in [1.807, 2.05) is 10.8 Å². The molecule has 0 atom stereocenters. The normalized spacial score (nSPS) is 10.7. The van der Waals surface area contributed by atoms with E-state index in [2.05, 4.69) is 26.0 Å². The molecule has 0 aliphatic carbocycles. The molecular formula is C22H24N2O2S2. The van der Waals surface area contributed by atoms with E-state index in [1.54, 1.807) is 70.8 Å². The number of carbonyl (C=O) groups excluding carboxylic acids is 2. The summed E-state index contributed by atoms with van der Waals surface area (Å²) in [5.41, 5.74) is 3.58. The molecule has 0 saturated heterocycles. The summed E-state index contributed by atoms with van der Waals surface area (Å²) in [6.07, 6.45) is 0. The van der Waals surface area contributed by atoms with E-state index < -0.39 is 0 Å². The molecule has 4 nitrogen and oxygen atoms in total. The molecule has 1 aromatic carbocycles. The summed E-state index contributed by atoms with van der Waals surface area (Å²) < 4.78 is 0. The second kappa shape index (κ2) is 8.71. The van der Waals surface area contributed by atoms with Crippen LogP contribution in [0.3, 0.4) is 0 Å². The molecule has 3 aromatic rings. The molecule has 2 heterocycles. The van der Waals surface area contributed by atoms with Crippen LogP contribution >= 0.6 is 22.7 Å². The Bertz CT molecular complexity index is 893. The second-order valence-electron chi connectivity index (χ2n) is 6.95. The lowest BCUT2D eigenvalue weighted by Crippen LogP contribution is -2.27. The number of nitrogens with zero attached hydrogens (tertiary/aromatic N) is 2. The summed E-state index contributed by atoms with van der Waals surface area (Å²) in [5.74, 6) is -0.0938. The zero-order valence-electron chi connectivity index (χ0n) is 16.6. The van der Waals surface area contributed by atoms with Crippen LogP contribution in [0.15, 0.2) is 47.2 Å². The third-order valence-corrected chi connectivity index (χ3v) is 6.79. The molecule has 28 heavy (non-hydrogen) atoms. The van der Waals surface area contributed by atoms with Crippen LogP contribution in [-0.2, 0) is 13.1 Å². The van der Waals surface area contributed by atoms with Crippen LogP contribution in [0.5, 0.6) is 0 Å². The van der Waals surface area contributed by atoms with Gasteiger partial charge >= 0.3 is 0 Å². The van der Waals surface area contributed by atoms with Gasteiger partial charge in [0, 0.05) is 35.0 Å². The SMILES string of the molecule is Cc1ccsc1CN(C)C(=O)c1ccc(C(=O)N(C)Cc2sccc2C)cc1. The first-order valence-electron chi connectivity index (χ1n) is 9.03. The minimum Gasteiger partial charge on any atom is -0.337 e. The van der Waals surface area contributed by atoms with E-state index in [0.29, 0.717) is 24.2 Å². The Kier molecular flexibility index (Phi) is 6.31. The summed E-state index contributed by atoms with van der Waals surface area (Å²) >= 11 is 3.32. The van der Waals surface area contributed by atoms with E-state index in [9.17, 15) is 9.59 Å². The highest BCUT2D eigenvalue weighted by Gasteiger charge is 2.17. The average Bonchev–Trinajstić information content (AvgIpc) is 3.28. The minimum absolute atomic E-state index is 0.0469. The number of carbonyl (C=O) groups is 2. The van der Waals surface area contributed by atoms with Gasteiger partial charge in [-0.2, -0.15) is 0 Å². The highest BCUT2D eigenvalue weighted by molar-refractivity contribution is 7.10. The third kappa shape index (κ3) is 4.51. The number of aryl methyl sites for hydroxylation is 2. The van der Waals surface area contributed by atoms with E-state index >= 15 is 0 Å². The van der Waals surface area contributed by atoms with Crippen LogP contribution in [0.2, 0.25) is 0 Å². The fraction of sp³-hybridized carbons (Fsp3) is 0.273. The molecule has 2 aromatic heterocycles. The number of amides is 2. The first kappa shape index (κ1) is 20.3. The third-order valence-electron chi connectivity index (χ3n) is 4.77. The molecule has 0 N–H and O–H groups in total. The van der Waals surface area contributed by atoms with Gasteiger partial charge in [-0.3, -0.25) is 9.59 Å². The Balaban J connectivity index is 1.65. The average molecular weight is 413 g/mol. The number of hydrogen-bond acceptors (Lipinski definition) is 4. The molecular weight excluding hydrogens is 388 g/mol. The standard InChI is InChI=1S/C22H24N2O2S2/c1-15-9-11-27-19(15)13-23(3)21(25)17-5-7-18(8-6-17)22(26)24(4)14-20-16(2)10-12-28-20/h5-12H,13-14H2,1-4H3. The van der Waals surface area contributed by atoms with Crippen LogP contribution in [0.1, 0.15) is 41.6 Å². The fourth-order valence-corrected chi connectivity index (χ4v) is 4.82.